The second kappa shape index (κ2) is 9.31. The molecule has 1 N–H and O–H groups in total. The van der Waals surface area contributed by atoms with Gasteiger partial charge in [-0.05, 0) is 49.2 Å². The first-order chi connectivity index (χ1) is 16.6. The number of imidazole rings is 1. The van der Waals surface area contributed by atoms with Gasteiger partial charge in [0.25, 0.3) is 5.91 Å². The molecule has 0 fully saturated rings. The van der Waals surface area contributed by atoms with Crippen molar-refractivity contribution in [2.24, 2.45) is 0 Å². The van der Waals surface area contributed by atoms with Gasteiger partial charge in [-0.25, -0.2) is 9.37 Å². The largest absolute Gasteiger partial charge is 0.457 e. The Bertz CT molecular complexity index is 1390. The highest BCUT2D eigenvalue weighted by Gasteiger charge is 2.24. The van der Waals surface area contributed by atoms with E-state index in [9.17, 15) is 14.0 Å². The Morgan fingerprint density at radius 3 is 2.82 bits per heavy atom. The number of nitrogens with zero attached hydrogens (tertiary/aromatic N) is 2. The molecule has 0 atom stereocenters. The number of hydrogen-bond donors (Lipinski definition) is 1. The number of furan rings is 1. The molecule has 2 aromatic carbocycles. The van der Waals surface area contributed by atoms with Gasteiger partial charge in [0.05, 0.1) is 17.5 Å². The van der Waals surface area contributed by atoms with E-state index in [1.54, 1.807) is 36.8 Å². The third kappa shape index (κ3) is 4.45. The van der Waals surface area contributed by atoms with Crippen molar-refractivity contribution < 1.29 is 18.4 Å². The molecule has 34 heavy (non-hydrogen) atoms. The molecule has 7 heteroatoms. The Kier molecular flexibility index (Phi) is 5.91. The SMILES string of the molecule is O=C1Nc2ccccc2/C1=C\c1ccc(-c2ccc(C(=O)CCCCn3ccnc3)c(F)c2)o1. The van der Waals surface area contributed by atoms with Gasteiger partial charge in [-0.2, -0.15) is 0 Å². The van der Waals surface area contributed by atoms with E-state index in [4.69, 9.17) is 4.42 Å². The van der Waals surface area contributed by atoms with E-state index < -0.39 is 5.82 Å². The fraction of sp³-hybridized carbons (Fsp3) is 0.148. The van der Waals surface area contributed by atoms with Crippen LogP contribution in [0.15, 0.2) is 77.7 Å². The van der Waals surface area contributed by atoms with Crippen LogP contribution in [0.4, 0.5) is 10.1 Å². The maximum Gasteiger partial charge on any atom is 0.256 e. The molecule has 0 aliphatic carbocycles. The molecule has 1 aliphatic heterocycles. The maximum atomic E-state index is 14.7. The number of unbranched alkanes of at least 4 members (excludes halogenated alkanes) is 1. The van der Waals surface area contributed by atoms with Gasteiger partial charge in [0, 0.05) is 42.2 Å². The fourth-order valence-electron chi connectivity index (χ4n) is 4.04. The molecular weight excluding hydrogens is 433 g/mol. The van der Waals surface area contributed by atoms with E-state index in [-0.39, 0.29) is 23.7 Å². The minimum absolute atomic E-state index is 0.0829. The summed E-state index contributed by atoms with van der Waals surface area (Å²) in [6, 6.07) is 15.4. The van der Waals surface area contributed by atoms with Crippen molar-refractivity contribution in [1.82, 2.24) is 9.55 Å². The zero-order valence-corrected chi connectivity index (χ0v) is 18.3. The molecule has 1 aliphatic rings. The lowest BCUT2D eigenvalue weighted by Crippen LogP contribution is -2.03. The zero-order valence-electron chi connectivity index (χ0n) is 18.3. The first-order valence-electron chi connectivity index (χ1n) is 11.1. The van der Waals surface area contributed by atoms with Crippen LogP contribution in [0.25, 0.3) is 23.0 Å². The highest BCUT2D eigenvalue weighted by Crippen LogP contribution is 2.34. The fourth-order valence-corrected chi connectivity index (χ4v) is 4.04. The van der Waals surface area contributed by atoms with E-state index in [0.29, 0.717) is 29.1 Å². The van der Waals surface area contributed by atoms with Gasteiger partial charge in [0.1, 0.15) is 17.3 Å². The maximum absolute atomic E-state index is 14.7. The molecule has 3 heterocycles. The minimum Gasteiger partial charge on any atom is -0.457 e. The number of nitrogens with one attached hydrogen (secondary N) is 1. The summed E-state index contributed by atoms with van der Waals surface area (Å²) in [7, 11) is 0. The number of rotatable bonds is 8. The van der Waals surface area contributed by atoms with Gasteiger partial charge >= 0.3 is 0 Å². The number of hydrogen-bond acceptors (Lipinski definition) is 4. The molecule has 0 saturated heterocycles. The molecule has 0 bridgehead atoms. The Labute approximate surface area is 195 Å². The Morgan fingerprint density at radius 2 is 2.00 bits per heavy atom. The average Bonchev–Trinajstić information content (AvgIpc) is 3.58. The van der Waals surface area contributed by atoms with E-state index in [1.165, 1.54) is 12.1 Å². The molecule has 5 rings (SSSR count). The molecule has 0 radical (unpaired) electrons. The van der Waals surface area contributed by atoms with E-state index in [2.05, 4.69) is 10.3 Å². The number of aromatic nitrogens is 2. The Balaban J connectivity index is 1.26. The number of ketones is 1. The number of carbonyl (C=O) groups excluding carboxylic acids is 2. The van der Waals surface area contributed by atoms with Crippen LogP contribution in [0.2, 0.25) is 0 Å². The number of anilines is 1. The first kappa shape index (κ1) is 21.6. The summed E-state index contributed by atoms with van der Waals surface area (Å²) in [5.41, 5.74) is 2.69. The molecule has 2 aromatic heterocycles. The number of para-hydroxylation sites is 1. The van der Waals surface area contributed by atoms with E-state index >= 15 is 0 Å². The van der Waals surface area contributed by atoms with Crippen molar-refractivity contribution in [1.29, 1.82) is 0 Å². The number of Topliss-reactive ketones (excluding diaryl/α,β-unsaturated/α-hetero) is 1. The topological polar surface area (TPSA) is 77.1 Å². The molecule has 0 saturated carbocycles. The third-order valence-corrected chi connectivity index (χ3v) is 5.81. The monoisotopic (exact) mass is 455 g/mol. The van der Waals surface area contributed by atoms with Gasteiger partial charge < -0.3 is 14.3 Å². The molecule has 0 unspecified atom stereocenters. The molecule has 1 amide bonds. The number of halogens is 1. The van der Waals surface area contributed by atoms with Crippen LogP contribution in [-0.2, 0) is 11.3 Å². The van der Waals surface area contributed by atoms with E-state index in [0.717, 1.165) is 24.2 Å². The van der Waals surface area contributed by atoms with E-state index in [1.807, 2.05) is 35.0 Å². The summed E-state index contributed by atoms with van der Waals surface area (Å²) in [5, 5.41) is 2.82. The van der Waals surface area contributed by atoms with Gasteiger partial charge in [-0.1, -0.05) is 24.3 Å². The van der Waals surface area contributed by atoms with Crippen molar-refractivity contribution in [2.45, 2.75) is 25.8 Å². The third-order valence-electron chi connectivity index (χ3n) is 5.81. The van der Waals surface area contributed by atoms with Crippen molar-refractivity contribution >= 4 is 29.0 Å². The highest BCUT2D eigenvalue weighted by molar-refractivity contribution is 6.34. The lowest BCUT2D eigenvalue weighted by atomic mass is 10.0. The van der Waals surface area contributed by atoms with Crippen molar-refractivity contribution in [2.75, 3.05) is 5.32 Å². The number of amides is 1. The van der Waals surface area contributed by atoms with Crippen LogP contribution in [-0.4, -0.2) is 21.2 Å². The molecule has 6 nitrogen and oxygen atoms in total. The number of aryl methyl sites for hydroxylation is 1. The second-order valence-corrected chi connectivity index (χ2v) is 8.14. The predicted molar refractivity (Wildman–Crippen MR) is 127 cm³/mol. The predicted octanol–water partition coefficient (Wildman–Crippen LogP) is 5.83. The van der Waals surface area contributed by atoms with Gasteiger partial charge in [-0.3, -0.25) is 9.59 Å². The summed E-state index contributed by atoms with van der Waals surface area (Å²) >= 11 is 0. The number of carbonyl (C=O) groups is 2. The van der Waals surface area contributed by atoms with Gasteiger partial charge in [0.2, 0.25) is 0 Å². The number of benzene rings is 2. The standard InChI is InChI=1S/C27H22FN3O3/c28-23-15-18(8-10-21(23)25(32)7-3-4-13-31-14-12-29-17-31)26-11-9-19(34-26)16-22-20-5-1-2-6-24(20)30-27(22)33/h1-2,5-6,8-12,14-17H,3-4,7,13H2,(H,30,33)/b22-16+. The van der Waals surface area contributed by atoms with Gasteiger partial charge in [-0.15, -0.1) is 0 Å². The molecule has 4 aromatic rings. The summed E-state index contributed by atoms with van der Waals surface area (Å²) in [4.78, 5) is 28.8. The van der Waals surface area contributed by atoms with Crippen LogP contribution in [0.1, 0.15) is 40.9 Å². The smallest absolute Gasteiger partial charge is 0.256 e. The average molecular weight is 455 g/mol. The molecule has 170 valence electrons. The van der Waals surface area contributed by atoms with Crippen LogP contribution in [0.3, 0.4) is 0 Å². The Hall–Kier alpha value is -4.26. The van der Waals surface area contributed by atoms with Crippen LogP contribution in [0.5, 0.6) is 0 Å². The minimum atomic E-state index is -0.572. The lowest BCUT2D eigenvalue weighted by Gasteiger charge is -2.05. The summed E-state index contributed by atoms with van der Waals surface area (Å²) < 4.78 is 22.5. The first-order valence-corrected chi connectivity index (χ1v) is 11.1. The highest BCUT2D eigenvalue weighted by atomic mass is 19.1. The molecular formula is C27H22FN3O3. The van der Waals surface area contributed by atoms with Gasteiger partial charge in [0.15, 0.2) is 5.78 Å². The zero-order chi connectivity index (χ0) is 23.5. The summed E-state index contributed by atoms with van der Waals surface area (Å²) in [5.74, 6) is -0.0480. The van der Waals surface area contributed by atoms with Crippen molar-refractivity contribution in [3.63, 3.8) is 0 Å². The normalized spacial score (nSPS) is 13.8. The Morgan fingerprint density at radius 1 is 1.12 bits per heavy atom. The summed E-state index contributed by atoms with van der Waals surface area (Å²) in [6.07, 6.45) is 8.76. The van der Waals surface area contributed by atoms with Crippen LogP contribution < -0.4 is 5.32 Å². The lowest BCUT2D eigenvalue weighted by molar-refractivity contribution is -0.110. The van der Waals surface area contributed by atoms with Crippen LogP contribution in [0, 0.1) is 5.82 Å². The second-order valence-electron chi connectivity index (χ2n) is 8.14. The van der Waals surface area contributed by atoms with Crippen molar-refractivity contribution in [3.05, 3.63) is 96.0 Å². The quantitative estimate of drug-likeness (QED) is 0.206. The summed E-state index contributed by atoms with van der Waals surface area (Å²) in [6.45, 7) is 0.777. The number of fused-ring (bicyclic) bond motifs is 1. The molecule has 0 spiro atoms. The van der Waals surface area contributed by atoms with Crippen molar-refractivity contribution in [3.8, 4) is 11.3 Å². The van der Waals surface area contributed by atoms with Crippen LogP contribution >= 0.6 is 0 Å².